The molecule has 23 heteroatoms. The van der Waals surface area contributed by atoms with Gasteiger partial charge in [0.2, 0.25) is 47.3 Å². The van der Waals surface area contributed by atoms with Crippen molar-refractivity contribution in [1.82, 2.24) is 42.5 Å². The van der Waals surface area contributed by atoms with Crippen LogP contribution < -0.4 is 54.0 Å². The highest BCUT2D eigenvalue weighted by atomic mass is 16.4. The van der Waals surface area contributed by atoms with Gasteiger partial charge in [0.15, 0.2) is 0 Å². The number of aliphatic carboxylic acids is 2. The molecule has 300 valence electrons. The lowest BCUT2D eigenvalue weighted by Gasteiger charge is -2.24. The van der Waals surface area contributed by atoms with Crippen LogP contribution in [-0.2, 0) is 47.9 Å². The zero-order valence-electron chi connectivity index (χ0n) is 30.0. The van der Waals surface area contributed by atoms with E-state index in [1.54, 1.807) is 13.8 Å². The molecule has 15 N–H and O–H groups in total. The van der Waals surface area contributed by atoms with Gasteiger partial charge < -0.3 is 69.3 Å². The molecule has 8 amide bonds. The second-order valence-corrected chi connectivity index (χ2v) is 12.1. The molecule has 0 radical (unpaired) electrons. The number of nitrogens with one attached hydrogen (secondary N) is 8. The number of carbonyl (C=O) groups is 10. The summed E-state index contributed by atoms with van der Waals surface area (Å²) in [6.45, 7) is 3.13. The summed E-state index contributed by atoms with van der Waals surface area (Å²) in [5.74, 6) is -10.4. The molecule has 6 atom stereocenters. The molecular formula is C30H52N10O13. The number of hydrogen-bond donors (Lipinski definition) is 13. The molecule has 0 unspecified atom stereocenters. The number of carboxylic acid groups (broad SMARTS) is 2. The molecule has 0 spiro atoms. The second kappa shape index (κ2) is 24.7. The number of nitrogens with two attached hydrogens (primary N) is 2. The molecule has 0 heterocycles. The summed E-state index contributed by atoms with van der Waals surface area (Å²) in [5.41, 5.74) is 10.7. The Hall–Kier alpha value is -5.42. The maximum absolute atomic E-state index is 13.0. The number of amides is 8. The van der Waals surface area contributed by atoms with Crippen LogP contribution in [0.25, 0.3) is 0 Å². The van der Waals surface area contributed by atoms with Crippen molar-refractivity contribution in [3.63, 3.8) is 0 Å². The van der Waals surface area contributed by atoms with Gasteiger partial charge in [-0.3, -0.25) is 47.9 Å². The average molecular weight is 761 g/mol. The molecule has 0 aromatic heterocycles. The Morgan fingerprint density at radius 1 is 0.566 bits per heavy atom. The van der Waals surface area contributed by atoms with Crippen molar-refractivity contribution in [3.05, 3.63) is 0 Å². The third kappa shape index (κ3) is 19.1. The van der Waals surface area contributed by atoms with Gasteiger partial charge in [0.05, 0.1) is 32.7 Å². The highest BCUT2D eigenvalue weighted by Crippen LogP contribution is 2.04. The Morgan fingerprint density at radius 3 is 1.62 bits per heavy atom. The molecule has 0 aromatic carbocycles. The van der Waals surface area contributed by atoms with Crippen molar-refractivity contribution < 1.29 is 63.3 Å². The molecule has 53 heavy (non-hydrogen) atoms. The fourth-order valence-corrected chi connectivity index (χ4v) is 4.22. The summed E-state index contributed by atoms with van der Waals surface area (Å²) in [5, 5.41) is 45.8. The fourth-order valence-electron chi connectivity index (χ4n) is 4.22. The molecule has 0 aliphatic carbocycles. The third-order valence-corrected chi connectivity index (χ3v) is 7.22. The van der Waals surface area contributed by atoms with Crippen LogP contribution in [0.5, 0.6) is 0 Å². The lowest BCUT2D eigenvalue weighted by Crippen LogP contribution is -2.58. The van der Waals surface area contributed by atoms with Gasteiger partial charge in [-0.15, -0.1) is 0 Å². The van der Waals surface area contributed by atoms with Crippen LogP contribution >= 0.6 is 0 Å². The molecular weight excluding hydrogens is 708 g/mol. The fraction of sp³-hybridized carbons (Fsp3) is 0.667. The first-order chi connectivity index (χ1) is 24.8. The average Bonchev–Trinajstić information content (AvgIpc) is 3.09. The summed E-state index contributed by atoms with van der Waals surface area (Å²) >= 11 is 0. The Morgan fingerprint density at radius 2 is 1.11 bits per heavy atom. The van der Waals surface area contributed by atoms with Gasteiger partial charge in [-0.05, 0) is 45.6 Å². The third-order valence-electron chi connectivity index (χ3n) is 7.22. The normalized spacial score (nSPS) is 14.1. The predicted octanol–water partition coefficient (Wildman–Crippen LogP) is -6.54. The predicted molar refractivity (Wildman–Crippen MR) is 183 cm³/mol. The van der Waals surface area contributed by atoms with Gasteiger partial charge >= 0.3 is 11.9 Å². The van der Waals surface area contributed by atoms with E-state index in [9.17, 15) is 58.2 Å². The Labute approximate surface area is 304 Å². The van der Waals surface area contributed by atoms with E-state index in [0.717, 1.165) is 0 Å². The topological polar surface area (TPSA) is 380 Å². The van der Waals surface area contributed by atoms with Crippen LogP contribution in [0.3, 0.4) is 0 Å². The minimum absolute atomic E-state index is 0.0469. The number of rotatable bonds is 25. The molecule has 0 saturated carbocycles. The number of aliphatic hydroxyl groups is 1. The van der Waals surface area contributed by atoms with E-state index in [1.165, 1.54) is 13.8 Å². The van der Waals surface area contributed by atoms with E-state index in [-0.39, 0.29) is 13.0 Å². The van der Waals surface area contributed by atoms with Gasteiger partial charge in [-0.1, -0.05) is 13.8 Å². The van der Waals surface area contributed by atoms with Crippen LogP contribution in [0.1, 0.15) is 53.4 Å². The highest BCUT2D eigenvalue weighted by molar-refractivity contribution is 5.97. The molecule has 0 fully saturated rings. The minimum atomic E-state index is -1.64. The zero-order chi connectivity index (χ0) is 40.8. The van der Waals surface area contributed by atoms with Crippen LogP contribution in [-0.4, -0.2) is 144 Å². The maximum atomic E-state index is 13.0. The molecule has 0 bridgehead atoms. The van der Waals surface area contributed by atoms with E-state index >= 15 is 0 Å². The molecule has 0 saturated heterocycles. The van der Waals surface area contributed by atoms with Crippen molar-refractivity contribution in [2.24, 2.45) is 17.4 Å². The SMILES string of the molecule is CC(C)[C@H](NC(=O)CNC(=O)[C@H](CC(=O)O)NC(=O)[C@H](C)NC(=O)CN)C(=O)NCC(=O)N[C@@H](CCCCN)C(=O)N[C@@H](CO)C(=O)N[C@@H](C)C(=O)O. The van der Waals surface area contributed by atoms with Crippen molar-refractivity contribution >= 4 is 59.2 Å². The number of carboxylic acids is 2. The first kappa shape index (κ1) is 47.6. The van der Waals surface area contributed by atoms with Gasteiger partial charge in [-0.25, -0.2) is 0 Å². The van der Waals surface area contributed by atoms with Gasteiger partial charge in [0.25, 0.3) is 0 Å². The number of carbonyl (C=O) groups excluding carboxylic acids is 8. The second-order valence-electron chi connectivity index (χ2n) is 12.1. The van der Waals surface area contributed by atoms with Gasteiger partial charge in [0.1, 0.15) is 36.3 Å². The zero-order valence-corrected chi connectivity index (χ0v) is 30.0. The van der Waals surface area contributed by atoms with E-state index in [0.29, 0.717) is 12.8 Å². The van der Waals surface area contributed by atoms with Crippen molar-refractivity contribution in [2.45, 2.75) is 89.6 Å². The molecule has 0 aliphatic rings. The largest absolute Gasteiger partial charge is 0.481 e. The van der Waals surface area contributed by atoms with Gasteiger partial charge in [-0.2, -0.15) is 0 Å². The summed E-state index contributed by atoms with van der Waals surface area (Å²) < 4.78 is 0. The van der Waals surface area contributed by atoms with E-state index in [4.69, 9.17) is 16.6 Å². The van der Waals surface area contributed by atoms with Gasteiger partial charge in [0, 0.05) is 0 Å². The van der Waals surface area contributed by atoms with Crippen molar-refractivity contribution in [2.75, 3.05) is 32.8 Å². The monoisotopic (exact) mass is 760 g/mol. The van der Waals surface area contributed by atoms with E-state index in [2.05, 4.69) is 42.5 Å². The maximum Gasteiger partial charge on any atom is 0.325 e. The van der Waals surface area contributed by atoms with Crippen LogP contribution in [0.15, 0.2) is 0 Å². The van der Waals surface area contributed by atoms with Crippen molar-refractivity contribution in [3.8, 4) is 0 Å². The molecule has 0 rings (SSSR count). The van der Waals surface area contributed by atoms with E-state index < -0.39 is 134 Å². The highest BCUT2D eigenvalue weighted by Gasteiger charge is 2.30. The lowest BCUT2D eigenvalue weighted by molar-refractivity contribution is -0.142. The summed E-state index contributed by atoms with van der Waals surface area (Å²) in [6, 6.07) is -8.16. The van der Waals surface area contributed by atoms with Crippen LogP contribution in [0.4, 0.5) is 0 Å². The Bertz CT molecular complexity index is 1330. The first-order valence-corrected chi connectivity index (χ1v) is 16.6. The Balaban J connectivity index is 5.38. The number of unbranched alkanes of at least 4 members (excludes halogenated alkanes) is 1. The number of aliphatic hydroxyl groups excluding tert-OH is 1. The van der Waals surface area contributed by atoms with Crippen LogP contribution in [0, 0.1) is 5.92 Å². The minimum Gasteiger partial charge on any atom is -0.481 e. The standard InChI is InChI=1S/C30H52N10O13/c1-14(2)24(40-22(44)12-33-26(48)18(9-23(45)46)38-25(47)15(3)35-20(42)10-32)29(51)34-11-21(43)37-17(7-5-6-8-31)27(49)39-19(13-41)28(50)36-16(4)30(52)53/h14-19,24,41H,5-13,31-32H2,1-4H3,(H,33,48)(H,34,51)(H,35,42)(H,36,50)(H,37,43)(H,38,47)(H,39,49)(H,40,44)(H,45,46)(H,52,53)/t15-,16-,17-,18-,19-,24-/m0/s1. The van der Waals surface area contributed by atoms with Crippen molar-refractivity contribution in [1.29, 1.82) is 0 Å². The first-order valence-electron chi connectivity index (χ1n) is 16.6. The quantitative estimate of drug-likeness (QED) is 0.0385. The molecule has 23 nitrogen and oxygen atoms in total. The van der Waals surface area contributed by atoms with Crippen LogP contribution in [0.2, 0.25) is 0 Å². The molecule has 0 aliphatic heterocycles. The summed E-state index contributed by atoms with van der Waals surface area (Å²) in [4.78, 5) is 122. The Kier molecular flexibility index (Phi) is 22.2. The molecule has 0 aromatic rings. The summed E-state index contributed by atoms with van der Waals surface area (Å²) in [7, 11) is 0. The van der Waals surface area contributed by atoms with E-state index in [1.807, 2.05) is 0 Å². The number of hydrogen-bond acceptors (Lipinski definition) is 13. The lowest BCUT2D eigenvalue weighted by atomic mass is 10.0. The smallest absolute Gasteiger partial charge is 0.325 e. The summed E-state index contributed by atoms with van der Waals surface area (Å²) in [6.07, 6.45) is 0.0104.